The molecule has 1 aliphatic rings. The fourth-order valence-corrected chi connectivity index (χ4v) is 3.03. The highest BCUT2D eigenvalue weighted by molar-refractivity contribution is 5.82. The van der Waals surface area contributed by atoms with Gasteiger partial charge < -0.3 is 19.1 Å². The van der Waals surface area contributed by atoms with Gasteiger partial charge in [-0.05, 0) is 35.6 Å². The smallest absolute Gasteiger partial charge is 0.309 e. The Morgan fingerprint density at radius 2 is 1.79 bits per heavy atom. The van der Waals surface area contributed by atoms with Crippen molar-refractivity contribution in [2.45, 2.75) is 26.5 Å². The number of amides is 1. The Morgan fingerprint density at radius 3 is 2.45 bits per heavy atom. The number of methoxy groups -OCH3 is 1. The predicted octanol–water partition coefficient (Wildman–Crippen LogP) is 3.43. The lowest BCUT2D eigenvalue weighted by molar-refractivity contribution is -0.153. The standard InChI is InChI=1S/C23H27NO5/c1-16-11-19(16)23(26)29-15-22(25)24(2)13-18-9-10-20(21(12-18)27-3)28-14-17-7-5-4-6-8-17/h4-10,12,16,19H,11,13-15H2,1-3H3/t16-,19-/m1/s1. The van der Waals surface area contributed by atoms with E-state index in [1.807, 2.05) is 55.5 Å². The maximum Gasteiger partial charge on any atom is 0.309 e. The molecule has 1 aliphatic carbocycles. The Morgan fingerprint density at radius 1 is 1.07 bits per heavy atom. The van der Waals surface area contributed by atoms with E-state index in [0.29, 0.717) is 30.6 Å². The van der Waals surface area contributed by atoms with E-state index < -0.39 is 0 Å². The molecule has 1 amide bonds. The zero-order valence-corrected chi connectivity index (χ0v) is 17.1. The summed E-state index contributed by atoms with van der Waals surface area (Å²) in [5, 5.41) is 0. The highest BCUT2D eigenvalue weighted by Crippen LogP contribution is 2.38. The van der Waals surface area contributed by atoms with Crippen LogP contribution in [-0.2, 0) is 27.5 Å². The van der Waals surface area contributed by atoms with E-state index in [1.165, 1.54) is 4.90 Å². The first-order valence-electron chi connectivity index (χ1n) is 9.72. The number of esters is 1. The summed E-state index contributed by atoms with van der Waals surface area (Å²) in [4.78, 5) is 25.5. The van der Waals surface area contributed by atoms with Gasteiger partial charge in [-0.1, -0.05) is 43.3 Å². The molecule has 0 spiro atoms. The van der Waals surface area contributed by atoms with E-state index in [9.17, 15) is 9.59 Å². The van der Waals surface area contributed by atoms with Gasteiger partial charge in [-0.25, -0.2) is 0 Å². The second-order valence-corrected chi connectivity index (χ2v) is 7.44. The van der Waals surface area contributed by atoms with Crippen LogP contribution >= 0.6 is 0 Å². The fraction of sp³-hybridized carbons (Fsp3) is 0.391. The summed E-state index contributed by atoms with van der Waals surface area (Å²) in [7, 11) is 3.27. The molecule has 0 saturated heterocycles. The van der Waals surface area contributed by atoms with Crippen LogP contribution in [0.1, 0.15) is 24.5 Å². The molecule has 0 aliphatic heterocycles. The molecule has 6 heteroatoms. The summed E-state index contributed by atoms with van der Waals surface area (Å²) < 4.78 is 16.4. The number of benzene rings is 2. The molecule has 0 radical (unpaired) electrons. The second-order valence-electron chi connectivity index (χ2n) is 7.44. The van der Waals surface area contributed by atoms with Crippen molar-refractivity contribution in [1.82, 2.24) is 4.90 Å². The molecule has 0 unspecified atom stereocenters. The molecule has 2 aromatic rings. The van der Waals surface area contributed by atoms with Crippen molar-refractivity contribution in [2.75, 3.05) is 20.8 Å². The first kappa shape index (κ1) is 20.7. The maximum absolute atomic E-state index is 12.2. The normalized spacial score (nSPS) is 17.3. The number of hydrogen-bond donors (Lipinski definition) is 0. The third kappa shape index (κ3) is 5.73. The van der Waals surface area contributed by atoms with Gasteiger partial charge in [-0.3, -0.25) is 9.59 Å². The molecule has 6 nitrogen and oxygen atoms in total. The SMILES string of the molecule is COc1cc(CN(C)C(=O)COC(=O)[C@@H]2C[C@H]2C)ccc1OCc1ccccc1. The van der Waals surface area contributed by atoms with E-state index in [4.69, 9.17) is 14.2 Å². The quantitative estimate of drug-likeness (QED) is 0.607. The molecule has 1 fully saturated rings. The third-order valence-electron chi connectivity index (χ3n) is 5.06. The lowest BCUT2D eigenvalue weighted by Crippen LogP contribution is -2.31. The number of likely N-dealkylation sites (N-methyl/N-ethyl adjacent to an activating group) is 1. The van der Waals surface area contributed by atoms with Crippen molar-refractivity contribution in [3.8, 4) is 11.5 Å². The van der Waals surface area contributed by atoms with Crippen LogP contribution in [0.3, 0.4) is 0 Å². The second kappa shape index (κ2) is 9.45. The van der Waals surface area contributed by atoms with Crippen molar-refractivity contribution in [1.29, 1.82) is 0 Å². The van der Waals surface area contributed by atoms with Crippen LogP contribution in [0.15, 0.2) is 48.5 Å². The average molecular weight is 397 g/mol. The van der Waals surface area contributed by atoms with Crippen molar-refractivity contribution in [3.63, 3.8) is 0 Å². The van der Waals surface area contributed by atoms with Gasteiger partial charge in [0.05, 0.1) is 13.0 Å². The van der Waals surface area contributed by atoms with Gasteiger partial charge in [0.1, 0.15) is 6.61 Å². The van der Waals surface area contributed by atoms with Gasteiger partial charge in [-0.2, -0.15) is 0 Å². The number of hydrogen-bond acceptors (Lipinski definition) is 5. The van der Waals surface area contributed by atoms with Crippen LogP contribution < -0.4 is 9.47 Å². The summed E-state index contributed by atoms with van der Waals surface area (Å²) in [6, 6.07) is 15.5. The van der Waals surface area contributed by atoms with Crippen molar-refractivity contribution in [3.05, 3.63) is 59.7 Å². The Labute approximate surface area is 171 Å². The van der Waals surface area contributed by atoms with Gasteiger partial charge in [-0.15, -0.1) is 0 Å². The zero-order valence-electron chi connectivity index (χ0n) is 17.1. The highest BCUT2D eigenvalue weighted by Gasteiger charge is 2.40. The molecule has 3 rings (SSSR count). The minimum atomic E-state index is -0.277. The molecule has 29 heavy (non-hydrogen) atoms. The summed E-state index contributed by atoms with van der Waals surface area (Å²) in [5.41, 5.74) is 1.96. The Bertz CT molecular complexity index is 852. The summed E-state index contributed by atoms with van der Waals surface area (Å²) in [5.74, 6) is 1.05. The predicted molar refractivity (Wildman–Crippen MR) is 108 cm³/mol. The van der Waals surface area contributed by atoms with Gasteiger partial charge in [0, 0.05) is 13.6 Å². The Kier molecular flexibility index (Phi) is 6.75. The molecule has 2 atom stereocenters. The number of carbonyl (C=O) groups is 2. The molecule has 1 saturated carbocycles. The molecule has 2 aromatic carbocycles. The zero-order chi connectivity index (χ0) is 20.8. The van der Waals surface area contributed by atoms with E-state index in [0.717, 1.165) is 17.5 Å². The molecule has 0 heterocycles. The van der Waals surface area contributed by atoms with Gasteiger partial charge >= 0.3 is 5.97 Å². The lowest BCUT2D eigenvalue weighted by atomic mass is 10.2. The maximum atomic E-state index is 12.2. The van der Waals surface area contributed by atoms with Crippen molar-refractivity contribution in [2.24, 2.45) is 11.8 Å². The van der Waals surface area contributed by atoms with Gasteiger partial charge in [0.15, 0.2) is 18.1 Å². The molecule has 154 valence electrons. The van der Waals surface area contributed by atoms with Crippen molar-refractivity contribution >= 4 is 11.9 Å². The number of nitrogens with zero attached hydrogens (tertiary/aromatic N) is 1. The Balaban J connectivity index is 1.53. The summed E-state index contributed by atoms with van der Waals surface area (Å²) in [6.45, 7) is 2.60. The van der Waals surface area contributed by atoms with Crippen LogP contribution in [0.25, 0.3) is 0 Å². The topological polar surface area (TPSA) is 65.1 Å². The molecular formula is C23H27NO5. The minimum Gasteiger partial charge on any atom is -0.493 e. The fourth-order valence-electron chi connectivity index (χ4n) is 3.03. The monoisotopic (exact) mass is 397 g/mol. The number of carbonyl (C=O) groups excluding carboxylic acids is 2. The largest absolute Gasteiger partial charge is 0.493 e. The van der Waals surface area contributed by atoms with E-state index in [1.54, 1.807) is 14.2 Å². The lowest BCUT2D eigenvalue weighted by Gasteiger charge is -2.18. The summed E-state index contributed by atoms with van der Waals surface area (Å²) >= 11 is 0. The van der Waals surface area contributed by atoms with Gasteiger partial charge in [0.25, 0.3) is 5.91 Å². The minimum absolute atomic E-state index is 0.0409. The van der Waals surface area contributed by atoms with Crippen LogP contribution in [-0.4, -0.2) is 37.5 Å². The number of ether oxygens (including phenoxy) is 3. The van der Waals surface area contributed by atoms with Crippen LogP contribution in [0, 0.1) is 11.8 Å². The molecular weight excluding hydrogens is 370 g/mol. The van der Waals surface area contributed by atoms with E-state index in [2.05, 4.69) is 0 Å². The number of rotatable bonds is 9. The summed E-state index contributed by atoms with van der Waals surface area (Å²) in [6.07, 6.45) is 0.849. The van der Waals surface area contributed by atoms with E-state index in [-0.39, 0.29) is 24.4 Å². The molecule has 0 N–H and O–H groups in total. The van der Waals surface area contributed by atoms with Crippen molar-refractivity contribution < 1.29 is 23.8 Å². The van der Waals surface area contributed by atoms with Crippen LogP contribution in [0.5, 0.6) is 11.5 Å². The first-order valence-corrected chi connectivity index (χ1v) is 9.72. The highest BCUT2D eigenvalue weighted by atomic mass is 16.5. The Hall–Kier alpha value is -3.02. The first-order chi connectivity index (χ1) is 14.0. The van der Waals surface area contributed by atoms with Gasteiger partial charge in [0.2, 0.25) is 0 Å². The van der Waals surface area contributed by atoms with Crippen LogP contribution in [0.4, 0.5) is 0 Å². The average Bonchev–Trinajstić information content (AvgIpc) is 3.48. The molecule has 0 bridgehead atoms. The van der Waals surface area contributed by atoms with Crippen LogP contribution in [0.2, 0.25) is 0 Å². The van der Waals surface area contributed by atoms with E-state index >= 15 is 0 Å². The molecule has 0 aromatic heterocycles. The third-order valence-corrected chi connectivity index (χ3v) is 5.06.